The van der Waals surface area contributed by atoms with E-state index in [-0.39, 0.29) is 0 Å². The molecule has 0 bridgehead atoms. The summed E-state index contributed by atoms with van der Waals surface area (Å²) in [7, 11) is 0.678. The molecule has 0 saturated heterocycles. The van der Waals surface area contributed by atoms with E-state index in [1.54, 1.807) is 0 Å². The molecule has 0 amide bonds. The Kier molecular flexibility index (Phi) is 3.64. The first-order chi connectivity index (χ1) is 7.77. The van der Waals surface area contributed by atoms with E-state index >= 15 is 0 Å². The molecule has 16 heavy (non-hydrogen) atoms. The van der Waals surface area contributed by atoms with Crippen molar-refractivity contribution in [3.05, 3.63) is 35.4 Å². The van der Waals surface area contributed by atoms with Crippen LogP contribution in [-0.2, 0) is 0 Å². The van der Waals surface area contributed by atoms with Crippen LogP contribution in [0.4, 0.5) is 0 Å². The minimum atomic E-state index is 0.607. The largest absolute Gasteiger partial charge is 0.569 e. The van der Waals surface area contributed by atoms with Crippen molar-refractivity contribution in [2.24, 2.45) is 0 Å². The van der Waals surface area contributed by atoms with Crippen molar-refractivity contribution in [3.63, 3.8) is 0 Å². The summed E-state index contributed by atoms with van der Waals surface area (Å²) in [4.78, 5) is 0.924. The maximum Gasteiger partial charge on any atom is 0.569 e. The molecule has 1 radical (unpaired) electrons. The van der Waals surface area contributed by atoms with Crippen molar-refractivity contribution >= 4 is 41.8 Å². The molecule has 0 aromatic heterocycles. The molecule has 0 heterocycles. The molecule has 2 aromatic carbocycles. The minimum Gasteiger partial charge on any atom is -0.537 e. The Morgan fingerprint density at radius 1 is 1.31 bits per heavy atom. The van der Waals surface area contributed by atoms with Gasteiger partial charge in [-0.1, -0.05) is 29.8 Å². The van der Waals surface area contributed by atoms with Crippen molar-refractivity contribution in [2.45, 2.75) is 4.90 Å². The van der Waals surface area contributed by atoms with E-state index < -0.39 is 0 Å². The Labute approximate surface area is 104 Å². The third-order valence-electron chi connectivity index (χ3n) is 2.29. The predicted molar refractivity (Wildman–Crippen MR) is 69.3 cm³/mol. The summed E-state index contributed by atoms with van der Waals surface area (Å²) in [6.07, 6.45) is 1.95. The number of benzene rings is 2. The van der Waals surface area contributed by atoms with Gasteiger partial charge in [-0.05, 0) is 23.8 Å². The lowest BCUT2D eigenvalue weighted by Crippen LogP contribution is -2.01. The quantitative estimate of drug-likeness (QED) is 0.671. The average Bonchev–Trinajstić information content (AvgIpc) is 2.30. The zero-order valence-electron chi connectivity index (χ0n) is 8.61. The lowest BCUT2D eigenvalue weighted by Gasteiger charge is -2.11. The molecular formula is C11H9BClO2S. The van der Waals surface area contributed by atoms with E-state index in [4.69, 9.17) is 21.3 Å². The van der Waals surface area contributed by atoms with Crippen molar-refractivity contribution < 1.29 is 9.68 Å². The number of fused-ring (bicyclic) bond motifs is 1. The maximum atomic E-state index is 8.69. The second-order valence-electron chi connectivity index (χ2n) is 3.16. The van der Waals surface area contributed by atoms with Gasteiger partial charge in [0.05, 0.1) is 4.90 Å². The molecule has 5 heteroatoms. The van der Waals surface area contributed by atoms with Crippen LogP contribution in [0.1, 0.15) is 0 Å². The van der Waals surface area contributed by atoms with E-state index in [0.29, 0.717) is 18.5 Å². The molecule has 0 aliphatic rings. The van der Waals surface area contributed by atoms with E-state index in [2.05, 4.69) is 0 Å². The molecule has 0 saturated carbocycles. The highest BCUT2D eigenvalue weighted by Gasteiger charge is 2.10. The summed E-state index contributed by atoms with van der Waals surface area (Å²) in [5.41, 5.74) is 0. The minimum absolute atomic E-state index is 0.607. The molecular weight excluding hydrogens is 242 g/mol. The number of halogens is 1. The Balaban J connectivity index is 2.73. The molecule has 2 aromatic rings. The lowest BCUT2D eigenvalue weighted by molar-refractivity contribution is 0.448. The average molecular weight is 252 g/mol. The van der Waals surface area contributed by atoms with Crippen LogP contribution < -0.4 is 4.65 Å². The van der Waals surface area contributed by atoms with Crippen LogP contribution in [0.5, 0.6) is 5.75 Å². The van der Waals surface area contributed by atoms with Crippen molar-refractivity contribution in [1.29, 1.82) is 0 Å². The Bertz CT molecular complexity index is 519. The van der Waals surface area contributed by atoms with Gasteiger partial charge in [0.15, 0.2) is 0 Å². The molecule has 0 aliphatic heterocycles. The molecule has 0 fully saturated rings. The highest BCUT2D eigenvalue weighted by atomic mass is 35.5. The van der Waals surface area contributed by atoms with Gasteiger partial charge >= 0.3 is 7.69 Å². The molecule has 0 atom stereocenters. The number of rotatable bonds is 3. The zero-order chi connectivity index (χ0) is 11.5. The first-order valence-corrected chi connectivity index (χ1v) is 6.26. The zero-order valence-corrected chi connectivity index (χ0v) is 10.2. The SMILES string of the molecule is CSc1c(O[B]O)ccc2cccc(Cl)c12. The number of hydrogen-bond acceptors (Lipinski definition) is 3. The highest BCUT2D eigenvalue weighted by Crippen LogP contribution is 2.38. The predicted octanol–water partition coefficient (Wildman–Crippen LogP) is 3.12. The summed E-state index contributed by atoms with van der Waals surface area (Å²) in [5.74, 6) is 0.607. The van der Waals surface area contributed by atoms with Crippen LogP contribution in [0, 0.1) is 0 Å². The van der Waals surface area contributed by atoms with Crippen LogP contribution in [0.15, 0.2) is 35.2 Å². The fourth-order valence-electron chi connectivity index (χ4n) is 1.64. The summed E-state index contributed by atoms with van der Waals surface area (Å²) < 4.78 is 5.04. The molecule has 0 spiro atoms. The molecule has 1 N–H and O–H groups in total. The smallest absolute Gasteiger partial charge is 0.537 e. The lowest BCUT2D eigenvalue weighted by atomic mass is 10.1. The van der Waals surface area contributed by atoms with Gasteiger partial charge in [-0.3, -0.25) is 0 Å². The fourth-order valence-corrected chi connectivity index (χ4v) is 2.72. The van der Waals surface area contributed by atoms with Crippen LogP contribution in [0.3, 0.4) is 0 Å². The van der Waals surface area contributed by atoms with Gasteiger partial charge in [0.2, 0.25) is 0 Å². The first-order valence-electron chi connectivity index (χ1n) is 4.65. The Hall–Kier alpha value is -0.835. The van der Waals surface area contributed by atoms with E-state index in [1.165, 1.54) is 11.8 Å². The van der Waals surface area contributed by atoms with Crippen LogP contribution in [0.2, 0.25) is 5.02 Å². The molecule has 2 rings (SSSR count). The van der Waals surface area contributed by atoms with E-state index in [0.717, 1.165) is 15.7 Å². The number of hydrogen-bond donors (Lipinski definition) is 1. The Morgan fingerprint density at radius 3 is 2.81 bits per heavy atom. The fraction of sp³-hybridized carbons (Fsp3) is 0.0909. The first kappa shape index (κ1) is 11.6. The van der Waals surface area contributed by atoms with Gasteiger partial charge in [0, 0.05) is 10.4 Å². The monoisotopic (exact) mass is 251 g/mol. The number of thioether (sulfide) groups is 1. The summed E-state index contributed by atoms with van der Waals surface area (Å²) in [6.45, 7) is 0. The van der Waals surface area contributed by atoms with Crippen molar-refractivity contribution in [2.75, 3.05) is 6.26 Å². The second-order valence-corrected chi connectivity index (χ2v) is 4.38. The second kappa shape index (κ2) is 5.00. The molecule has 2 nitrogen and oxygen atoms in total. The summed E-state index contributed by atoms with van der Waals surface area (Å²) in [5, 5.41) is 11.4. The van der Waals surface area contributed by atoms with Gasteiger partial charge in [0.1, 0.15) is 5.75 Å². The molecule has 81 valence electrons. The summed E-state index contributed by atoms with van der Waals surface area (Å²) in [6, 6.07) is 9.48. The van der Waals surface area contributed by atoms with Crippen LogP contribution in [-0.4, -0.2) is 19.0 Å². The van der Waals surface area contributed by atoms with E-state index in [1.807, 2.05) is 36.6 Å². The van der Waals surface area contributed by atoms with E-state index in [9.17, 15) is 0 Å². The standard InChI is InChI=1S/C11H9BClO2S/c1-16-11-9(15-12-14)6-5-7-3-2-4-8(13)10(7)11/h2-6,14H,1H3. The van der Waals surface area contributed by atoms with Crippen LogP contribution in [0.25, 0.3) is 10.8 Å². The third-order valence-corrected chi connectivity index (χ3v) is 3.42. The topological polar surface area (TPSA) is 29.5 Å². The maximum absolute atomic E-state index is 8.69. The Morgan fingerprint density at radius 2 is 2.12 bits per heavy atom. The normalized spacial score (nSPS) is 10.4. The van der Waals surface area contributed by atoms with Gasteiger partial charge in [0.25, 0.3) is 0 Å². The third kappa shape index (κ3) is 2.01. The summed E-state index contributed by atoms with van der Waals surface area (Å²) >= 11 is 7.71. The van der Waals surface area contributed by atoms with Gasteiger partial charge in [-0.2, -0.15) is 0 Å². The van der Waals surface area contributed by atoms with Gasteiger partial charge < -0.3 is 9.68 Å². The van der Waals surface area contributed by atoms with Crippen molar-refractivity contribution in [1.82, 2.24) is 0 Å². The molecule has 0 unspecified atom stereocenters. The highest BCUT2D eigenvalue weighted by molar-refractivity contribution is 7.99. The van der Waals surface area contributed by atoms with Crippen LogP contribution >= 0.6 is 23.4 Å². The molecule has 0 aliphatic carbocycles. The van der Waals surface area contributed by atoms with Gasteiger partial charge in [-0.25, -0.2) is 0 Å². The van der Waals surface area contributed by atoms with Gasteiger partial charge in [-0.15, -0.1) is 11.8 Å². The van der Waals surface area contributed by atoms with Crippen molar-refractivity contribution in [3.8, 4) is 5.75 Å².